The Labute approximate surface area is 109 Å². The lowest BCUT2D eigenvalue weighted by Gasteiger charge is -2.46. The molecule has 1 aliphatic carbocycles. The van der Waals surface area contributed by atoms with Crippen LogP contribution in [0.15, 0.2) is 12.3 Å². The molecule has 0 aliphatic heterocycles. The molecule has 100 valence electrons. The van der Waals surface area contributed by atoms with Gasteiger partial charge in [-0.05, 0) is 49.1 Å². The lowest BCUT2D eigenvalue weighted by Crippen LogP contribution is -2.42. The summed E-state index contributed by atoms with van der Waals surface area (Å²) in [7, 11) is 0. The number of nitrogens with zero attached hydrogens (tertiary/aromatic N) is 1. The predicted octanol–water partition coefficient (Wildman–Crippen LogP) is 3.01. The van der Waals surface area contributed by atoms with E-state index in [1.165, 1.54) is 0 Å². The zero-order valence-corrected chi connectivity index (χ0v) is 11.8. The van der Waals surface area contributed by atoms with Crippen LogP contribution in [0.25, 0.3) is 0 Å². The van der Waals surface area contributed by atoms with Crippen molar-refractivity contribution in [2.45, 2.75) is 52.6 Å². The molecule has 0 saturated heterocycles. The summed E-state index contributed by atoms with van der Waals surface area (Å²) in [5.74, 6) is 0.676. The Hall–Kier alpha value is -1.09. The number of aromatic nitrogens is 1. The molecule has 2 rings (SSSR count). The average molecular weight is 248 g/mol. The van der Waals surface area contributed by atoms with Gasteiger partial charge in [0.15, 0.2) is 0 Å². The summed E-state index contributed by atoms with van der Waals surface area (Å²) in [5.41, 5.74) is 7.36. The molecular formula is C15H24N2O. The molecule has 2 unspecified atom stereocenters. The largest absolute Gasteiger partial charge is 0.385 e. The van der Waals surface area contributed by atoms with Crippen LogP contribution in [0, 0.1) is 18.3 Å². The van der Waals surface area contributed by atoms with E-state index in [1.54, 1.807) is 6.20 Å². The standard InChI is InChI=1S/C15H24N2O/c1-10-5-8-17-13(16)12(10)15(18)7-6-14(3,4)9-11(15)2/h5,8,11,18H,6-7,9H2,1-4H3,(H2,16,17). The van der Waals surface area contributed by atoms with E-state index in [-0.39, 0.29) is 5.92 Å². The summed E-state index contributed by atoms with van der Waals surface area (Å²) in [6.45, 7) is 8.65. The van der Waals surface area contributed by atoms with Gasteiger partial charge in [-0.15, -0.1) is 0 Å². The molecule has 18 heavy (non-hydrogen) atoms. The lowest BCUT2D eigenvalue weighted by atomic mass is 9.63. The van der Waals surface area contributed by atoms with Crippen LogP contribution in [0.5, 0.6) is 0 Å². The fourth-order valence-electron chi connectivity index (χ4n) is 3.39. The average Bonchev–Trinajstić information content (AvgIpc) is 2.24. The third kappa shape index (κ3) is 2.12. The van der Waals surface area contributed by atoms with E-state index >= 15 is 0 Å². The van der Waals surface area contributed by atoms with Crippen molar-refractivity contribution in [2.24, 2.45) is 11.3 Å². The summed E-state index contributed by atoms with van der Waals surface area (Å²) in [5, 5.41) is 11.1. The molecular weight excluding hydrogens is 224 g/mol. The highest BCUT2D eigenvalue weighted by Crippen LogP contribution is 2.50. The minimum atomic E-state index is -0.821. The number of nitrogen functional groups attached to an aromatic ring is 1. The van der Waals surface area contributed by atoms with E-state index < -0.39 is 5.60 Å². The minimum absolute atomic E-state index is 0.200. The monoisotopic (exact) mass is 248 g/mol. The van der Waals surface area contributed by atoms with Gasteiger partial charge in [0, 0.05) is 11.8 Å². The fourth-order valence-corrected chi connectivity index (χ4v) is 3.39. The second-order valence-electron chi connectivity index (χ2n) is 6.58. The summed E-state index contributed by atoms with van der Waals surface area (Å²) >= 11 is 0. The van der Waals surface area contributed by atoms with Gasteiger partial charge in [-0.2, -0.15) is 0 Å². The number of hydrogen-bond acceptors (Lipinski definition) is 3. The summed E-state index contributed by atoms with van der Waals surface area (Å²) in [6.07, 6.45) is 4.49. The second-order valence-corrected chi connectivity index (χ2v) is 6.58. The van der Waals surface area contributed by atoms with Crippen LogP contribution < -0.4 is 5.73 Å². The molecule has 2 atom stereocenters. The Morgan fingerprint density at radius 2 is 2.06 bits per heavy atom. The van der Waals surface area contributed by atoms with E-state index in [9.17, 15) is 5.11 Å². The number of nitrogens with two attached hydrogens (primary N) is 1. The van der Waals surface area contributed by atoms with Crippen LogP contribution in [0.2, 0.25) is 0 Å². The summed E-state index contributed by atoms with van der Waals surface area (Å²) < 4.78 is 0. The molecule has 3 N–H and O–H groups in total. The maximum Gasteiger partial charge on any atom is 0.129 e. The number of aryl methyl sites for hydroxylation is 1. The Morgan fingerprint density at radius 1 is 1.39 bits per heavy atom. The molecule has 1 saturated carbocycles. The molecule has 1 aliphatic rings. The molecule has 0 amide bonds. The summed E-state index contributed by atoms with van der Waals surface area (Å²) in [4.78, 5) is 4.15. The molecule has 1 aromatic rings. The smallest absolute Gasteiger partial charge is 0.129 e. The van der Waals surface area contributed by atoms with Gasteiger partial charge in [-0.3, -0.25) is 0 Å². The normalized spacial score (nSPS) is 31.3. The summed E-state index contributed by atoms with van der Waals surface area (Å²) in [6, 6.07) is 1.93. The van der Waals surface area contributed by atoms with Gasteiger partial charge >= 0.3 is 0 Å². The van der Waals surface area contributed by atoms with Gasteiger partial charge in [0.05, 0.1) is 5.60 Å². The third-order valence-corrected chi connectivity index (χ3v) is 4.48. The van der Waals surface area contributed by atoms with Crippen LogP contribution in [0.4, 0.5) is 5.82 Å². The number of hydrogen-bond donors (Lipinski definition) is 2. The second kappa shape index (κ2) is 4.23. The highest BCUT2D eigenvalue weighted by molar-refractivity contribution is 5.48. The van der Waals surface area contributed by atoms with E-state index in [4.69, 9.17) is 5.73 Å². The van der Waals surface area contributed by atoms with E-state index in [1.807, 2.05) is 13.0 Å². The first-order valence-electron chi connectivity index (χ1n) is 6.70. The van der Waals surface area contributed by atoms with E-state index in [0.717, 1.165) is 30.4 Å². The SMILES string of the molecule is Cc1ccnc(N)c1C1(O)CCC(C)(C)CC1C. The molecule has 0 bridgehead atoms. The van der Waals surface area contributed by atoms with Crippen molar-refractivity contribution in [2.75, 3.05) is 5.73 Å². The molecule has 3 nitrogen and oxygen atoms in total. The van der Waals surface area contributed by atoms with Crippen LogP contribution in [0.1, 0.15) is 51.2 Å². The maximum atomic E-state index is 11.1. The van der Waals surface area contributed by atoms with Gasteiger partial charge in [-0.25, -0.2) is 4.98 Å². The van der Waals surface area contributed by atoms with Gasteiger partial charge in [0.1, 0.15) is 5.82 Å². The molecule has 1 aromatic heterocycles. The zero-order valence-electron chi connectivity index (χ0n) is 11.8. The van der Waals surface area contributed by atoms with E-state index in [0.29, 0.717) is 11.2 Å². The van der Waals surface area contributed by atoms with Gasteiger partial charge in [0.25, 0.3) is 0 Å². The van der Waals surface area contributed by atoms with Crippen LogP contribution in [-0.4, -0.2) is 10.1 Å². The number of rotatable bonds is 1. The number of aliphatic hydroxyl groups is 1. The van der Waals surface area contributed by atoms with Crippen LogP contribution >= 0.6 is 0 Å². The van der Waals surface area contributed by atoms with Crippen LogP contribution in [0.3, 0.4) is 0 Å². The van der Waals surface area contributed by atoms with Crippen molar-refractivity contribution >= 4 is 5.82 Å². The predicted molar refractivity (Wildman–Crippen MR) is 74.1 cm³/mol. The third-order valence-electron chi connectivity index (χ3n) is 4.48. The van der Waals surface area contributed by atoms with Gasteiger partial charge in [-0.1, -0.05) is 20.8 Å². The molecule has 1 fully saturated rings. The zero-order chi connectivity index (χ0) is 13.6. The maximum absolute atomic E-state index is 11.1. The molecule has 3 heteroatoms. The molecule has 1 heterocycles. The first kappa shape index (κ1) is 13.3. The lowest BCUT2D eigenvalue weighted by molar-refractivity contribution is -0.0770. The van der Waals surface area contributed by atoms with Crippen molar-refractivity contribution in [3.05, 3.63) is 23.4 Å². The number of anilines is 1. The van der Waals surface area contributed by atoms with Crippen molar-refractivity contribution in [1.82, 2.24) is 4.98 Å². The Kier molecular flexibility index (Phi) is 3.14. The fraction of sp³-hybridized carbons (Fsp3) is 0.667. The van der Waals surface area contributed by atoms with Crippen molar-refractivity contribution in [3.8, 4) is 0 Å². The molecule has 0 spiro atoms. The highest BCUT2D eigenvalue weighted by atomic mass is 16.3. The topological polar surface area (TPSA) is 59.1 Å². The first-order valence-corrected chi connectivity index (χ1v) is 6.70. The van der Waals surface area contributed by atoms with Crippen LogP contribution in [-0.2, 0) is 5.60 Å². The molecule has 0 aromatic carbocycles. The highest BCUT2D eigenvalue weighted by Gasteiger charge is 2.45. The minimum Gasteiger partial charge on any atom is -0.385 e. The Balaban J connectivity index is 2.43. The van der Waals surface area contributed by atoms with Crippen molar-refractivity contribution < 1.29 is 5.11 Å². The van der Waals surface area contributed by atoms with Gasteiger partial charge < -0.3 is 10.8 Å². The Bertz CT molecular complexity index is 436. The Morgan fingerprint density at radius 3 is 2.61 bits per heavy atom. The van der Waals surface area contributed by atoms with Crippen molar-refractivity contribution in [3.63, 3.8) is 0 Å². The van der Waals surface area contributed by atoms with Crippen molar-refractivity contribution in [1.29, 1.82) is 0 Å². The quantitative estimate of drug-likeness (QED) is 0.803. The first-order chi connectivity index (χ1) is 8.26. The number of pyridine rings is 1. The van der Waals surface area contributed by atoms with E-state index in [2.05, 4.69) is 25.8 Å². The van der Waals surface area contributed by atoms with Gasteiger partial charge in [0.2, 0.25) is 0 Å². The molecule has 0 radical (unpaired) electrons.